The van der Waals surface area contributed by atoms with E-state index in [1.54, 1.807) is 0 Å². The van der Waals surface area contributed by atoms with Crippen LogP contribution in [0.4, 0.5) is 0 Å². The first-order valence-corrected chi connectivity index (χ1v) is 6.94. The van der Waals surface area contributed by atoms with Crippen molar-refractivity contribution in [1.29, 1.82) is 0 Å². The normalized spacial score (nSPS) is 13.7. The molecular formula is C15H24N2O. The van der Waals surface area contributed by atoms with Crippen molar-refractivity contribution in [1.82, 2.24) is 10.6 Å². The summed E-state index contributed by atoms with van der Waals surface area (Å²) in [4.78, 5) is 0. The van der Waals surface area contributed by atoms with Gasteiger partial charge >= 0.3 is 0 Å². The highest BCUT2D eigenvalue weighted by molar-refractivity contribution is 5.39. The van der Waals surface area contributed by atoms with Crippen molar-refractivity contribution >= 4 is 0 Å². The Balaban J connectivity index is 1.65. The maximum atomic E-state index is 5.50. The van der Waals surface area contributed by atoms with E-state index >= 15 is 0 Å². The maximum absolute atomic E-state index is 5.50. The number of hydrogen-bond acceptors (Lipinski definition) is 3. The topological polar surface area (TPSA) is 33.3 Å². The van der Waals surface area contributed by atoms with Gasteiger partial charge in [0.2, 0.25) is 0 Å². The fourth-order valence-corrected chi connectivity index (χ4v) is 2.19. The van der Waals surface area contributed by atoms with Gasteiger partial charge in [-0.05, 0) is 36.7 Å². The Morgan fingerprint density at radius 3 is 3.00 bits per heavy atom. The first-order chi connectivity index (χ1) is 8.75. The van der Waals surface area contributed by atoms with Crippen LogP contribution < -0.4 is 15.4 Å². The van der Waals surface area contributed by atoms with Crippen molar-refractivity contribution in [3.8, 4) is 5.75 Å². The smallest absolute Gasteiger partial charge is 0.122 e. The lowest BCUT2D eigenvalue weighted by atomic mass is 10.1. The van der Waals surface area contributed by atoms with Crippen LogP contribution in [0, 0.1) is 0 Å². The van der Waals surface area contributed by atoms with Crippen molar-refractivity contribution in [3.05, 3.63) is 29.3 Å². The molecule has 0 aliphatic carbocycles. The average molecular weight is 248 g/mol. The number of ether oxygens (including phenoxy) is 1. The number of rotatable bonds is 7. The highest BCUT2D eigenvalue weighted by Gasteiger charge is 2.11. The molecule has 3 nitrogen and oxygen atoms in total. The zero-order chi connectivity index (χ0) is 12.8. The van der Waals surface area contributed by atoms with Crippen LogP contribution in [-0.4, -0.2) is 25.7 Å². The molecule has 2 N–H and O–H groups in total. The van der Waals surface area contributed by atoms with Gasteiger partial charge in [0.15, 0.2) is 0 Å². The predicted molar refractivity (Wildman–Crippen MR) is 75.1 cm³/mol. The van der Waals surface area contributed by atoms with E-state index in [-0.39, 0.29) is 0 Å². The average Bonchev–Trinajstić information content (AvgIpc) is 2.80. The fourth-order valence-electron chi connectivity index (χ4n) is 2.19. The van der Waals surface area contributed by atoms with Gasteiger partial charge in [-0.1, -0.05) is 26.0 Å². The van der Waals surface area contributed by atoms with E-state index in [2.05, 4.69) is 42.7 Å². The molecule has 18 heavy (non-hydrogen) atoms. The summed E-state index contributed by atoms with van der Waals surface area (Å²) in [6, 6.07) is 7.10. The predicted octanol–water partition coefficient (Wildman–Crippen LogP) is 2.10. The Morgan fingerprint density at radius 2 is 2.17 bits per heavy atom. The lowest BCUT2D eigenvalue weighted by Crippen LogP contribution is -2.26. The number of nitrogens with one attached hydrogen (secondary N) is 2. The third-order valence-corrected chi connectivity index (χ3v) is 3.17. The lowest BCUT2D eigenvalue weighted by molar-refractivity contribution is 0.357. The SMILES string of the molecule is CC(C)NCCCNCc1ccc2c(c1)CCO2. The van der Waals surface area contributed by atoms with Crippen LogP contribution in [0.25, 0.3) is 0 Å². The molecule has 0 saturated heterocycles. The second kappa shape index (κ2) is 6.76. The maximum Gasteiger partial charge on any atom is 0.122 e. The van der Waals surface area contributed by atoms with E-state index in [0.717, 1.165) is 38.4 Å². The molecule has 100 valence electrons. The van der Waals surface area contributed by atoms with Gasteiger partial charge in [-0.3, -0.25) is 0 Å². The Hall–Kier alpha value is -1.06. The van der Waals surface area contributed by atoms with Crippen LogP contribution in [0.2, 0.25) is 0 Å². The quantitative estimate of drug-likeness (QED) is 0.725. The zero-order valence-electron chi connectivity index (χ0n) is 11.5. The lowest BCUT2D eigenvalue weighted by Gasteiger charge is -2.09. The summed E-state index contributed by atoms with van der Waals surface area (Å²) < 4.78 is 5.50. The minimum atomic E-state index is 0.585. The van der Waals surface area contributed by atoms with Crippen LogP contribution in [-0.2, 0) is 13.0 Å². The van der Waals surface area contributed by atoms with Gasteiger partial charge in [0.1, 0.15) is 5.75 Å². The minimum Gasteiger partial charge on any atom is -0.493 e. The molecule has 1 heterocycles. The highest BCUT2D eigenvalue weighted by Crippen LogP contribution is 2.25. The Labute approximate surface area is 110 Å². The van der Waals surface area contributed by atoms with E-state index < -0.39 is 0 Å². The molecule has 0 spiro atoms. The summed E-state index contributed by atoms with van der Waals surface area (Å²) in [6.45, 7) is 8.30. The monoisotopic (exact) mass is 248 g/mol. The first-order valence-electron chi connectivity index (χ1n) is 6.94. The van der Waals surface area contributed by atoms with Gasteiger partial charge in [0.05, 0.1) is 6.61 Å². The molecule has 2 rings (SSSR count). The van der Waals surface area contributed by atoms with Crippen molar-refractivity contribution in [2.75, 3.05) is 19.7 Å². The van der Waals surface area contributed by atoms with Gasteiger partial charge in [-0.2, -0.15) is 0 Å². The largest absolute Gasteiger partial charge is 0.493 e. The molecule has 1 aromatic carbocycles. The van der Waals surface area contributed by atoms with E-state index in [9.17, 15) is 0 Å². The molecule has 0 aromatic heterocycles. The molecule has 0 fully saturated rings. The van der Waals surface area contributed by atoms with Gasteiger partial charge in [-0.25, -0.2) is 0 Å². The van der Waals surface area contributed by atoms with Crippen molar-refractivity contribution in [2.45, 2.75) is 39.3 Å². The van der Waals surface area contributed by atoms with Gasteiger partial charge in [0, 0.05) is 19.0 Å². The van der Waals surface area contributed by atoms with E-state index in [1.165, 1.54) is 17.5 Å². The van der Waals surface area contributed by atoms with Crippen molar-refractivity contribution in [3.63, 3.8) is 0 Å². The second-order valence-corrected chi connectivity index (χ2v) is 5.18. The highest BCUT2D eigenvalue weighted by atomic mass is 16.5. The summed E-state index contributed by atoms with van der Waals surface area (Å²) in [5.74, 6) is 1.07. The molecule has 0 radical (unpaired) electrons. The molecule has 0 unspecified atom stereocenters. The molecule has 0 saturated carbocycles. The van der Waals surface area contributed by atoms with Crippen LogP contribution in [0.3, 0.4) is 0 Å². The van der Waals surface area contributed by atoms with Crippen LogP contribution in [0.1, 0.15) is 31.4 Å². The van der Waals surface area contributed by atoms with Gasteiger partial charge in [-0.15, -0.1) is 0 Å². The third-order valence-electron chi connectivity index (χ3n) is 3.17. The summed E-state index contributed by atoms with van der Waals surface area (Å²) in [5, 5.41) is 6.91. The van der Waals surface area contributed by atoms with Crippen LogP contribution in [0.15, 0.2) is 18.2 Å². The van der Waals surface area contributed by atoms with E-state index in [1.807, 2.05) is 0 Å². The fraction of sp³-hybridized carbons (Fsp3) is 0.600. The summed E-state index contributed by atoms with van der Waals surface area (Å²) in [6.07, 6.45) is 2.23. The number of benzene rings is 1. The molecule has 0 atom stereocenters. The molecule has 3 heteroatoms. The standard InChI is InChI=1S/C15H24N2O/c1-12(2)17-8-3-7-16-11-13-4-5-15-14(10-13)6-9-18-15/h4-5,10,12,16-17H,3,6-9,11H2,1-2H3. The van der Waals surface area contributed by atoms with Crippen LogP contribution >= 0.6 is 0 Å². The minimum absolute atomic E-state index is 0.585. The second-order valence-electron chi connectivity index (χ2n) is 5.18. The zero-order valence-corrected chi connectivity index (χ0v) is 11.5. The molecule has 1 aliphatic rings. The molecule has 1 aliphatic heterocycles. The molecule has 0 amide bonds. The number of hydrogen-bond donors (Lipinski definition) is 2. The van der Waals surface area contributed by atoms with Crippen molar-refractivity contribution < 1.29 is 4.74 Å². The Kier molecular flexibility index (Phi) is 5.02. The summed E-state index contributed by atoms with van der Waals surface area (Å²) in [7, 11) is 0. The van der Waals surface area contributed by atoms with E-state index in [4.69, 9.17) is 4.74 Å². The summed E-state index contributed by atoms with van der Waals surface area (Å²) >= 11 is 0. The first kappa shape index (κ1) is 13.4. The Morgan fingerprint density at radius 1 is 1.28 bits per heavy atom. The summed E-state index contributed by atoms with van der Waals surface area (Å²) in [5.41, 5.74) is 2.71. The molecule has 1 aromatic rings. The van der Waals surface area contributed by atoms with Gasteiger partial charge in [0.25, 0.3) is 0 Å². The van der Waals surface area contributed by atoms with E-state index in [0.29, 0.717) is 6.04 Å². The molecular weight excluding hydrogens is 224 g/mol. The van der Waals surface area contributed by atoms with Gasteiger partial charge < -0.3 is 15.4 Å². The third kappa shape index (κ3) is 4.00. The molecule has 0 bridgehead atoms. The number of fused-ring (bicyclic) bond motifs is 1. The Bertz CT molecular complexity index is 377. The van der Waals surface area contributed by atoms with Crippen molar-refractivity contribution in [2.24, 2.45) is 0 Å². The van der Waals surface area contributed by atoms with Crippen LogP contribution in [0.5, 0.6) is 5.75 Å².